The molecule has 0 aliphatic carbocycles. The average Bonchev–Trinajstić information content (AvgIpc) is 2.97. The summed E-state index contributed by atoms with van der Waals surface area (Å²) in [4.78, 5) is 13.3. The van der Waals surface area contributed by atoms with Crippen molar-refractivity contribution in [2.75, 3.05) is 15.9 Å². The van der Waals surface area contributed by atoms with E-state index in [2.05, 4.69) is 36.7 Å². The smallest absolute Gasteiger partial charge is 0.428 e. The topological polar surface area (TPSA) is 82.1 Å². The molecule has 1 amide bonds. The van der Waals surface area contributed by atoms with Crippen LogP contribution in [0.3, 0.4) is 0 Å². The van der Waals surface area contributed by atoms with Gasteiger partial charge in [-0.3, -0.25) is 0 Å². The number of amides is 1. The normalized spacial score (nSPS) is 12.5. The third kappa shape index (κ3) is 8.42. The molecule has 0 N–H and O–H groups in total. The minimum Gasteiger partial charge on any atom is -0.487 e. The molecule has 0 saturated carbocycles. The van der Waals surface area contributed by atoms with Crippen LogP contribution in [-0.2, 0) is 32.4 Å². The van der Waals surface area contributed by atoms with E-state index in [1.807, 2.05) is 54.6 Å². The Balaban J connectivity index is 2.04. The summed E-state index contributed by atoms with van der Waals surface area (Å²) in [6, 6.07) is 26.8. The highest BCUT2D eigenvalue weighted by atomic mass is 79.9. The summed E-state index contributed by atoms with van der Waals surface area (Å²) in [6.07, 6.45) is -0.356. The Hall–Kier alpha value is -2.66. The summed E-state index contributed by atoms with van der Waals surface area (Å²) in [5.41, 5.74) is 2.48. The number of alkyl halides is 1. The number of hydrogen-bond donors (Lipinski definition) is 0. The third-order valence-electron chi connectivity index (χ3n) is 6.98. The molecule has 0 spiro atoms. The van der Waals surface area contributed by atoms with E-state index >= 15 is 0 Å². The van der Waals surface area contributed by atoms with Crippen LogP contribution in [-0.4, -0.2) is 34.4 Å². The second-order valence-electron chi connectivity index (χ2n) is 9.57. The molecule has 0 saturated heterocycles. The first kappa shape index (κ1) is 31.9. The number of hydrogen-bond acceptors (Lipinski definition) is 6. The van der Waals surface area contributed by atoms with Crippen molar-refractivity contribution in [3.8, 4) is 5.75 Å². The molecule has 216 valence electrons. The van der Waals surface area contributed by atoms with Crippen LogP contribution in [0.15, 0.2) is 78.9 Å². The summed E-state index contributed by atoms with van der Waals surface area (Å²) < 4.78 is 45.1. The molecule has 0 aliphatic rings. The fourth-order valence-corrected chi connectivity index (χ4v) is 8.83. The summed E-state index contributed by atoms with van der Waals surface area (Å²) in [6.45, 7) is 6.59. The number of rotatable bonds is 14. The number of nitrogens with zero attached hydrogens (tertiary/aromatic N) is 1. The van der Waals surface area contributed by atoms with Crippen molar-refractivity contribution >= 4 is 46.1 Å². The first-order chi connectivity index (χ1) is 19.2. The summed E-state index contributed by atoms with van der Waals surface area (Å²) >= 11 is 3.60. The van der Waals surface area contributed by atoms with Crippen molar-refractivity contribution in [1.29, 1.82) is 0 Å². The number of halogens is 1. The molecule has 7 nitrogen and oxygen atoms in total. The molecule has 0 unspecified atom stereocenters. The molecule has 3 rings (SSSR count). The highest BCUT2D eigenvalue weighted by molar-refractivity contribution is 9.09. The predicted molar refractivity (Wildman–Crippen MR) is 166 cm³/mol. The van der Waals surface area contributed by atoms with Crippen LogP contribution in [0.2, 0.25) is 18.1 Å². The van der Waals surface area contributed by atoms with E-state index in [1.165, 1.54) is 0 Å². The maximum atomic E-state index is 13.3. The Kier molecular flexibility index (Phi) is 11.8. The number of carbonyl (C=O) groups excluding carboxylic acids is 1. The molecule has 0 aliphatic heterocycles. The minimum absolute atomic E-state index is 0.0731. The number of anilines is 1. The number of carbonyl (C=O) groups is 1. The van der Waals surface area contributed by atoms with Gasteiger partial charge in [0, 0.05) is 5.33 Å². The van der Waals surface area contributed by atoms with Gasteiger partial charge in [0.05, 0.1) is 12.4 Å². The van der Waals surface area contributed by atoms with Gasteiger partial charge in [0.1, 0.15) is 24.7 Å². The van der Waals surface area contributed by atoms with Gasteiger partial charge in [-0.25, -0.2) is 13.2 Å². The quantitative estimate of drug-likeness (QED) is 0.131. The second kappa shape index (κ2) is 14.8. The Bertz CT molecular complexity index is 1330. The lowest BCUT2D eigenvalue weighted by Gasteiger charge is -2.33. The Morgan fingerprint density at radius 2 is 1.43 bits per heavy atom. The summed E-state index contributed by atoms with van der Waals surface area (Å²) in [5, 5.41) is 0.517. The van der Waals surface area contributed by atoms with Gasteiger partial charge in [0.2, 0.25) is 10.0 Å². The fourth-order valence-electron chi connectivity index (χ4n) is 4.43. The first-order valence-corrected chi connectivity index (χ1v) is 18.9. The maximum absolute atomic E-state index is 13.3. The molecule has 10 heteroatoms. The lowest BCUT2D eigenvalue weighted by atomic mass is 10.1. The summed E-state index contributed by atoms with van der Waals surface area (Å²) in [5.74, 6) is 0.244. The van der Waals surface area contributed by atoms with Gasteiger partial charge in [0.25, 0.3) is 0 Å². The molecule has 0 bridgehead atoms. The van der Waals surface area contributed by atoms with Crippen LogP contribution >= 0.6 is 15.9 Å². The SMILES string of the molecule is CC[Si](CC)(CC)O[C@@H](CBr)c1ccc(OCc2ccccc2)c(N(C(=O)OCc2ccccc2)S(C)(=O)=O)c1. The van der Waals surface area contributed by atoms with Gasteiger partial charge in [-0.1, -0.05) is 103 Å². The molecule has 0 fully saturated rings. The van der Waals surface area contributed by atoms with Crippen molar-refractivity contribution in [3.63, 3.8) is 0 Å². The van der Waals surface area contributed by atoms with Gasteiger partial charge < -0.3 is 13.9 Å². The molecule has 3 aromatic rings. The van der Waals surface area contributed by atoms with Gasteiger partial charge in [-0.05, 0) is 47.0 Å². The van der Waals surface area contributed by atoms with Crippen LogP contribution in [0, 0.1) is 0 Å². The van der Waals surface area contributed by atoms with E-state index in [9.17, 15) is 13.2 Å². The fraction of sp³-hybridized carbons (Fsp3) is 0.367. The standard InChI is InChI=1S/C30H38BrNO6SSi/c1-5-40(6-2,7-3)38-29(21-31)26-18-19-28(36-22-24-14-10-8-11-15-24)27(20-26)32(39(4,34)35)30(33)37-23-25-16-12-9-13-17-25/h8-20,29H,5-7,21-23H2,1-4H3/t29-/m0/s1. The van der Waals surface area contributed by atoms with Crippen LogP contribution in [0.25, 0.3) is 0 Å². The van der Waals surface area contributed by atoms with Crippen molar-refractivity contribution in [1.82, 2.24) is 0 Å². The largest absolute Gasteiger partial charge is 0.487 e. The highest BCUT2D eigenvalue weighted by Gasteiger charge is 2.34. The van der Waals surface area contributed by atoms with Crippen LogP contribution in [0.1, 0.15) is 43.6 Å². The van der Waals surface area contributed by atoms with E-state index in [-0.39, 0.29) is 30.8 Å². The minimum atomic E-state index is -4.09. The Morgan fingerprint density at radius 3 is 1.93 bits per heavy atom. The Labute approximate surface area is 247 Å². The summed E-state index contributed by atoms with van der Waals surface area (Å²) in [7, 11) is -6.09. The molecule has 1 atom stereocenters. The van der Waals surface area contributed by atoms with E-state index in [4.69, 9.17) is 13.9 Å². The van der Waals surface area contributed by atoms with E-state index < -0.39 is 24.4 Å². The highest BCUT2D eigenvalue weighted by Crippen LogP contribution is 2.38. The molecular weight excluding hydrogens is 610 g/mol. The zero-order chi connectivity index (χ0) is 29.2. The van der Waals surface area contributed by atoms with Crippen LogP contribution in [0.5, 0.6) is 5.75 Å². The molecule has 0 radical (unpaired) electrons. The van der Waals surface area contributed by atoms with Gasteiger partial charge in [-0.15, -0.1) is 0 Å². The number of ether oxygens (including phenoxy) is 2. The van der Waals surface area contributed by atoms with Crippen LogP contribution in [0.4, 0.5) is 10.5 Å². The number of sulfonamides is 1. The third-order valence-corrected chi connectivity index (χ3v) is 13.2. The molecule has 0 heterocycles. The lowest BCUT2D eigenvalue weighted by Crippen LogP contribution is -2.38. The van der Waals surface area contributed by atoms with Crippen LogP contribution < -0.4 is 9.04 Å². The van der Waals surface area contributed by atoms with Gasteiger partial charge in [0.15, 0.2) is 8.32 Å². The lowest BCUT2D eigenvalue weighted by molar-refractivity contribution is 0.151. The zero-order valence-corrected chi connectivity index (χ0v) is 26.9. The van der Waals surface area contributed by atoms with E-state index in [1.54, 1.807) is 24.3 Å². The molecule has 0 aromatic heterocycles. The molecule has 40 heavy (non-hydrogen) atoms. The van der Waals surface area contributed by atoms with Crippen molar-refractivity contribution < 1.29 is 27.1 Å². The van der Waals surface area contributed by atoms with Gasteiger partial charge in [-0.2, -0.15) is 4.31 Å². The van der Waals surface area contributed by atoms with E-state index in [0.29, 0.717) is 9.64 Å². The van der Waals surface area contributed by atoms with Crippen molar-refractivity contribution in [3.05, 3.63) is 95.6 Å². The van der Waals surface area contributed by atoms with Gasteiger partial charge >= 0.3 is 6.09 Å². The van der Waals surface area contributed by atoms with E-state index in [0.717, 1.165) is 41.1 Å². The van der Waals surface area contributed by atoms with Crippen molar-refractivity contribution in [2.45, 2.75) is 58.2 Å². The molecule has 3 aromatic carbocycles. The molecular formula is C30H38BrNO6SSi. The maximum Gasteiger partial charge on any atom is 0.428 e. The Morgan fingerprint density at radius 1 is 0.875 bits per heavy atom. The first-order valence-electron chi connectivity index (χ1n) is 13.4. The monoisotopic (exact) mass is 647 g/mol. The zero-order valence-electron chi connectivity index (χ0n) is 23.5. The second-order valence-corrected chi connectivity index (χ2v) is 16.8. The number of benzene rings is 3. The average molecular weight is 649 g/mol. The predicted octanol–water partition coefficient (Wildman–Crippen LogP) is 7.83. The van der Waals surface area contributed by atoms with Crippen molar-refractivity contribution in [2.24, 2.45) is 0 Å².